The van der Waals surface area contributed by atoms with Gasteiger partial charge in [-0.1, -0.05) is 35.0 Å². The summed E-state index contributed by atoms with van der Waals surface area (Å²) in [5, 5.41) is 19.6. The van der Waals surface area contributed by atoms with E-state index < -0.39 is 12.2 Å². The minimum Gasteiger partial charge on any atom is -0.389 e. The summed E-state index contributed by atoms with van der Waals surface area (Å²) < 4.78 is 0. The fourth-order valence-electron chi connectivity index (χ4n) is 1.16. The van der Waals surface area contributed by atoms with Gasteiger partial charge in [0.25, 0.3) is 0 Å². The van der Waals surface area contributed by atoms with Gasteiger partial charge in [0.1, 0.15) is 11.3 Å². The summed E-state index contributed by atoms with van der Waals surface area (Å²) >= 11 is 12.5. The Kier molecular flexibility index (Phi) is 5.69. The Labute approximate surface area is 113 Å². The molecule has 2 N–H and O–H groups in total. The Morgan fingerprint density at radius 1 is 1.53 bits per heavy atom. The van der Waals surface area contributed by atoms with E-state index in [9.17, 15) is 15.0 Å². The minimum atomic E-state index is -1.20. The van der Waals surface area contributed by atoms with Crippen LogP contribution in [-0.4, -0.2) is 32.2 Å². The summed E-state index contributed by atoms with van der Waals surface area (Å²) in [7, 11) is 0. The van der Waals surface area contributed by atoms with E-state index in [0.29, 0.717) is 5.56 Å². The largest absolute Gasteiger partial charge is 0.389 e. The maximum atomic E-state index is 10.7. The summed E-state index contributed by atoms with van der Waals surface area (Å²) in [6, 6.07) is 1.47. The van der Waals surface area contributed by atoms with Crippen LogP contribution in [0.25, 0.3) is 0 Å². The number of halogens is 2. The Morgan fingerprint density at radius 3 is 2.76 bits per heavy atom. The van der Waals surface area contributed by atoms with Gasteiger partial charge in [-0.25, -0.2) is 4.98 Å². The van der Waals surface area contributed by atoms with Crippen LogP contribution < -0.4 is 0 Å². The second-order valence-electron chi connectivity index (χ2n) is 3.32. The molecule has 17 heavy (non-hydrogen) atoms. The van der Waals surface area contributed by atoms with E-state index in [4.69, 9.17) is 23.2 Å². The number of pyridine rings is 1. The number of hydrogen-bond donors (Lipinski definition) is 2. The highest BCUT2D eigenvalue weighted by molar-refractivity contribution is 8.13. The summed E-state index contributed by atoms with van der Waals surface area (Å²) in [4.78, 5) is 14.5. The Balaban J connectivity index is 2.77. The molecule has 0 bridgehead atoms. The molecule has 0 aliphatic heterocycles. The van der Waals surface area contributed by atoms with Crippen LogP contribution in [0, 0.1) is 0 Å². The van der Waals surface area contributed by atoms with Crippen LogP contribution in [0.3, 0.4) is 0 Å². The predicted octanol–water partition coefficient (Wildman–Crippen LogP) is 2.06. The minimum absolute atomic E-state index is 0.0645. The van der Waals surface area contributed by atoms with E-state index in [-0.39, 0.29) is 21.0 Å². The lowest BCUT2D eigenvalue weighted by atomic mass is 10.1. The van der Waals surface area contributed by atoms with Gasteiger partial charge in [0.2, 0.25) is 0 Å². The van der Waals surface area contributed by atoms with Crippen molar-refractivity contribution in [2.24, 2.45) is 0 Å². The van der Waals surface area contributed by atoms with Gasteiger partial charge in [0.15, 0.2) is 5.12 Å². The summed E-state index contributed by atoms with van der Waals surface area (Å²) in [6.07, 6.45) is -0.910. The normalized spacial score (nSPS) is 14.4. The average Bonchev–Trinajstić information content (AvgIpc) is 2.28. The molecule has 1 aromatic heterocycles. The van der Waals surface area contributed by atoms with Crippen LogP contribution >= 0.6 is 35.0 Å². The van der Waals surface area contributed by atoms with Crippen molar-refractivity contribution in [3.8, 4) is 0 Å². The van der Waals surface area contributed by atoms with Gasteiger partial charge in [-0.2, -0.15) is 0 Å². The molecule has 0 fully saturated rings. The molecule has 1 aromatic rings. The zero-order valence-corrected chi connectivity index (χ0v) is 11.3. The second-order valence-corrected chi connectivity index (χ2v) is 5.25. The number of aliphatic hydroxyl groups excluding tert-OH is 2. The molecule has 0 saturated carbocycles. The number of rotatable bonds is 4. The van der Waals surface area contributed by atoms with Gasteiger partial charge in [-0.3, -0.25) is 4.79 Å². The SMILES string of the molecule is CC(=O)SCC(O)C(O)c1ccnc(Cl)c1Cl. The highest BCUT2D eigenvalue weighted by Gasteiger charge is 2.22. The van der Waals surface area contributed by atoms with Crippen LogP contribution in [0.2, 0.25) is 10.2 Å². The third-order valence-corrected chi connectivity index (χ3v) is 3.71. The van der Waals surface area contributed by atoms with Gasteiger partial charge in [0, 0.05) is 24.4 Å². The lowest BCUT2D eigenvalue weighted by molar-refractivity contribution is -0.109. The van der Waals surface area contributed by atoms with Crippen LogP contribution in [-0.2, 0) is 4.79 Å². The zero-order chi connectivity index (χ0) is 13.0. The smallest absolute Gasteiger partial charge is 0.185 e. The number of nitrogens with zero attached hydrogens (tertiary/aromatic N) is 1. The van der Waals surface area contributed by atoms with Crippen molar-refractivity contribution in [2.45, 2.75) is 19.1 Å². The van der Waals surface area contributed by atoms with Crippen molar-refractivity contribution in [2.75, 3.05) is 5.75 Å². The number of aromatic nitrogens is 1. The van der Waals surface area contributed by atoms with Crippen LogP contribution in [0.5, 0.6) is 0 Å². The highest BCUT2D eigenvalue weighted by Crippen LogP contribution is 2.30. The summed E-state index contributed by atoms with van der Waals surface area (Å²) in [5.41, 5.74) is 0.295. The van der Waals surface area contributed by atoms with Crippen molar-refractivity contribution >= 4 is 40.1 Å². The van der Waals surface area contributed by atoms with E-state index >= 15 is 0 Å². The molecular weight excluding hydrogens is 285 g/mol. The maximum absolute atomic E-state index is 10.7. The van der Waals surface area contributed by atoms with Crippen molar-refractivity contribution < 1.29 is 15.0 Å². The van der Waals surface area contributed by atoms with Crippen molar-refractivity contribution in [1.29, 1.82) is 0 Å². The maximum Gasteiger partial charge on any atom is 0.185 e. The number of aliphatic hydroxyl groups is 2. The molecular formula is C10H11Cl2NO3S. The predicted molar refractivity (Wildman–Crippen MR) is 68.4 cm³/mol. The van der Waals surface area contributed by atoms with E-state index in [0.717, 1.165) is 11.8 Å². The molecule has 1 rings (SSSR count). The number of thioether (sulfide) groups is 1. The highest BCUT2D eigenvalue weighted by atomic mass is 35.5. The quantitative estimate of drug-likeness (QED) is 0.832. The first-order valence-electron chi connectivity index (χ1n) is 4.73. The van der Waals surface area contributed by atoms with Gasteiger partial charge in [-0.05, 0) is 6.07 Å². The van der Waals surface area contributed by atoms with Gasteiger partial charge >= 0.3 is 0 Å². The van der Waals surface area contributed by atoms with E-state index in [2.05, 4.69) is 4.98 Å². The van der Waals surface area contributed by atoms with Crippen molar-refractivity contribution in [3.05, 3.63) is 28.0 Å². The van der Waals surface area contributed by atoms with Crippen LogP contribution in [0.1, 0.15) is 18.6 Å². The fraction of sp³-hybridized carbons (Fsp3) is 0.400. The van der Waals surface area contributed by atoms with Crippen molar-refractivity contribution in [3.63, 3.8) is 0 Å². The van der Waals surface area contributed by atoms with E-state index in [1.54, 1.807) is 0 Å². The third-order valence-electron chi connectivity index (χ3n) is 2.02. The molecule has 0 radical (unpaired) electrons. The molecule has 0 aromatic carbocycles. The lowest BCUT2D eigenvalue weighted by Crippen LogP contribution is -2.21. The van der Waals surface area contributed by atoms with Gasteiger partial charge in [-0.15, -0.1) is 0 Å². The van der Waals surface area contributed by atoms with E-state index in [1.807, 2.05) is 0 Å². The molecule has 7 heteroatoms. The van der Waals surface area contributed by atoms with Crippen LogP contribution in [0.15, 0.2) is 12.3 Å². The second kappa shape index (κ2) is 6.56. The first-order chi connectivity index (χ1) is 7.93. The molecule has 0 amide bonds. The molecule has 0 aliphatic carbocycles. The Hall–Kier alpha value is -0.330. The lowest BCUT2D eigenvalue weighted by Gasteiger charge is -2.18. The Bertz CT molecular complexity index is 417. The third kappa shape index (κ3) is 4.12. The first kappa shape index (κ1) is 14.7. The Morgan fingerprint density at radius 2 is 2.18 bits per heavy atom. The van der Waals surface area contributed by atoms with Crippen LogP contribution in [0.4, 0.5) is 0 Å². The fourth-order valence-corrected chi connectivity index (χ4v) is 2.14. The standard InChI is InChI=1S/C10H11Cl2NO3S/c1-5(14)17-4-7(15)9(16)6-2-3-13-10(12)8(6)11/h2-3,7,9,15-16H,4H2,1H3. The molecule has 2 unspecified atom stereocenters. The molecule has 0 saturated heterocycles. The monoisotopic (exact) mass is 295 g/mol. The molecule has 2 atom stereocenters. The molecule has 1 heterocycles. The van der Waals surface area contributed by atoms with Crippen molar-refractivity contribution in [1.82, 2.24) is 4.98 Å². The summed E-state index contributed by atoms with van der Waals surface area (Å²) in [5.74, 6) is 0.0901. The van der Waals surface area contributed by atoms with E-state index in [1.165, 1.54) is 19.2 Å². The first-order valence-corrected chi connectivity index (χ1v) is 6.47. The summed E-state index contributed by atoms with van der Waals surface area (Å²) in [6.45, 7) is 1.39. The van der Waals surface area contributed by atoms with Gasteiger partial charge in [0.05, 0.1) is 11.1 Å². The molecule has 0 spiro atoms. The zero-order valence-electron chi connectivity index (χ0n) is 8.93. The number of hydrogen-bond acceptors (Lipinski definition) is 5. The number of carbonyl (C=O) groups excluding carboxylic acids is 1. The van der Waals surface area contributed by atoms with Gasteiger partial charge < -0.3 is 10.2 Å². The number of carbonyl (C=O) groups is 1. The average molecular weight is 296 g/mol. The molecule has 94 valence electrons. The molecule has 4 nitrogen and oxygen atoms in total. The topological polar surface area (TPSA) is 70.4 Å². The molecule has 0 aliphatic rings.